The van der Waals surface area contributed by atoms with Crippen molar-refractivity contribution in [3.8, 4) is 0 Å². The van der Waals surface area contributed by atoms with E-state index in [1.54, 1.807) is 12.1 Å². The molecule has 2 aromatic rings. The number of anilines is 1. The summed E-state index contributed by atoms with van der Waals surface area (Å²) in [4.78, 5) is 30.7. The van der Waals surface area contributed by atoms with E-state index in [0.29, 0.717) is 50.9 Å². The maximum Gasteiger partial charge on any atom is 0.324 e. The van der Waals surface area contributed by atoms with Crippen molar-refractivity contribution >= 4 is 18.0 Å². The monoisotopic (exact) mass is 479 g/mol. The standard InChI is InChI=1S/C28H37N3O4/c1-28(2,34)21-29-12-10-24(11-13-29)25-4-3-5-26(18-25)31(27(33)30-14-16-35-17-15-30)19-22-6-8-23(20-32)9-7-22/h3-9,18,20,24,34H,10-17,19,21H2,1-2H3. The molecular formula is C28H37N3O4. The van der Waals surface area contributed by atoms with Crippen LogP contribution in [0.5, 0.6) is 0 Å². The summed E-state index contributed by atoms with van der Waals surface area (Å²) in [5.74, 6) is 0.431. The molecule has 0 aliphatic carbocycles. The van der Waals surface area contributed by atoms with E-state index in [-0.39, 0.29) is 6.03 Å². The Labute approximate surface area is 208 Å². The van der Waals surface area contributed by atoms with Crippen LogP contribution in [0.4, 0.5) is 10.5 Å². The van der Waals surface area contributed by atoms with Gasteiger partial charge in [-0.15, -0.1) is 0 Å². The Bertz CT molecular complexity index is 988. The van der Waals surface area contributed by atoms with E-state index in [1.807, 2.05) is 47.9 Å². The van der Waals surface area contributed by atoms with Crippen LogP contribution in [-0.4, -0.2) is 78.8 Å². The van der Waals surface area contributed by atoms with E-state index in [0.717, 1.165) is 43.5 Å². The summed E-state index contributed by atoms with van der Waals surface area (Å²) in [6.07, 6.45) is 2.89. The quantitative estimate of drug-likeness (QED) is 0.610. The molecule has 0 spiro atoms. The van der Waals surface area contributed by atoms with Crippen molar-refractivity contribution in [3.63, 3.8) is 0 Å². The molecule has 2 fully saturated rings. The summed E-state index contributed by atoms with van der Waals surface area (Å²) in [6.45, 7) is 9.01. The van der Waals surface area contributed by atoms with Crippen LogP contribution in [0.15, 0.2) is 48.5 Å². The summed E-state index contributed by atoms with van der Waals surface area (Å²) in [5, 5.41) is 10.2. The molecular weight excluding hydrogens is 442 g/mol. The van der Waals surface area contributed by atoms with Gasteiger partial charge in [-0.1, -0.05) is 36.4 Å². The molecule has 0 saturated carbocycles. The molecule has 7 nitrogen and oxygen atoms in total. The maximum atomic E-state index is 13.6. The number of benzene rings is 2. The van der Waals surface area contributed by atoms with Crippen molar-refractivity contribution in [1.82, 2.24) is 9.80 Å². The number of amides is 2. The van der Waals surface area contributed by atoms with Gasteiger partial charge < -0.3 is 19.6 Å². The maximum absolute atomic E-state index is 13.6. The second-order valence-electron chi connectivity index (χ2n) is 10.3. The first-order valence-electron chi connectivity index (χ1n) is 12.6. The number of morpholine rings is 1. The SMILES string of the molecule is CC(C)(O)CN1CCC(c2cccc(N(Cc3ccc(C=O)cc3)C(=O)N3CCOCC3)c2)CC1. The average Bonchev–Trinajstić information content (AvgIpc) is 2.87. The smallest absolute Gasteiger partial charge is 0.324 e. The van der Waals surface area contributed by atoms with Crippen molar-refractivity contribution in [2.45, 2.75) is 44.8 Å². The summed E-state index contributed by atoms with van der Waals surface area (Å²) < 4.78 is 5.45. The van der Waals surface area contributed by atoms with E-state index in [1.165, 1.54) is 5.56 Å². The minimum absolute atomic E-state index is 0.0232. The van der Waals surface area contributed by atoms with Gasteiger partial charge >= 0.3 is 6.03 Å². The van der Waals surface area contributed by atoms with Gasteiger partial charge in [0.05, 0.1) is 25.4 Å². The minimum Gasteiger partial charge on any atom is -0.389 e. The van der Waals surface area contributed by atoms with Gasteiger partial charge in [0.2, 0.25) is 0 Å². The molecule has 2 aliphatic heterocycles. The van der Waals surface area contributed by atoms with E-state index >= 15 is 0 Å². The molecule has 7 heteroatoms. The van der Waals surface area contributed by atoms with Crippen molar-refractivity contribution in [2.75, 3.05) is 50.8 Å². The Balaban J connectivity index is 1.53. The molecule has 0 aromatic heterocycles. The number of carbonyl (C=O) groups excluding carboxylic acids is 2. The van der Waals surface area contributed by atoms with Crippen molar-refractivity contribution < 1.29 is 19.4 Å². The predicted octanol–water partition coefficient (Wildman–Crippen LogP) is 3.91. The molecule has 35 heavy (non-hydrogen) atoms. The van der Waals surface area contributed by atoms with E-state index in [9.17, 15) is 14.7 Å². The lowest BCUT2D eigenvalue weighted by Crippen LogP contribution is -2.48. The highest BCUT2D eigenvalue weighted by Gasteiger charge is 2.27. The lowest BCUT2D eigenvalue weighted by atomic mass is 9.88. The summed E-state index contributed by atoms with van der Waals surface area (Å²) in [5.41, 5.74) is 3.05. The van der Waals surface area contributed by atoms with Crippen LogP contribution < -0.4 is 4.90 Å². The fraction of sp³-hybridized carbons (Fsp3) is 0.500. The number of carbonyl (C=O) groups is 2. The zero-order valence-corrected chi connectivity index (χ0v) is 20.9. The normalized spacial score (nSPS) is 17.9. The van der Waals surface area contributed by atoms with Crippen molar-refractivity contribution in [1.29, 1.82) is 0 Å². The number of aldehydes is 1. The number of hydrogen-bond donors (Lipinski definition) is 1. The lowest BCUT2D eigenvalue weighted by Gasteiger charge is -2.36. The number of ether oxygens (including phenoxy) is 1. The third-order valence-electron chi connectivity index (χ3n) is 6.82. The number of piperidine rings is 1. The number of rotatable bonds is 7. The molecule has 2 amide bonds. The van der Waals surface area contributed by atoms with Gasteiger partial charge in [0.25, 0.3) is 0 Å². The zero-order valence-electron chi connectivity index (χ0n) is 20.9. The summed E-state index contributed by atoms with van der Waals surface area (Å²) in [6, 6.07) is 15.7. The summed E-state index contributed by atoms with van der Waals surface area (Å²) >= 11 is 0. The fourth-order valence-electron chi connectivity index (χ4n) is 5.00. The number of aliphatic hydroxyl groups is 1. The molecule has 4 rings (SSSR count). The van der Waals surface area contributed by atoms with Gasteiger partial charge in [0.1, 0.15) is 6.29 Å². The number of hydrogen-bond acceptors (Lipinski definition) is 5. The lowest BCUT2D eigenvalue weighted by molar-refractivity contribution is 0.0282. The fourth-order valence-corrected chi connectivity index (χ4v) is 5.00. The van der Waals surface area contributed by atoms with Gasteiger partial charge in [0.15, 0.2) is 0 Å². The highest BCUT2D eigenvalue weighted by Crippen LogP contribution is 2.32. The Hall–Kier alpha value is -2.74. The van der Waals surface area contributed by atoms with E-state index < -0.39 is 5.60 Å². The van der Waals surface area contributed by atoms with Gasteiger partial charge in [-0.05, 0) is 69.0 Å². The van der Waals surface area contributed by atoms with E-state index in [2.05, 4.69) is 17.0 Å². The minimum atomic E-state index is -0.684. The summed E-state index contributed by atoms with van der Waals surface area (Å²) in [7, 11) is 0. The van der Waals surface area contributed by atoms with Crippen molar-refractivity contribution in [3.05, 3.63) is 65.2 Å². The Morgan fingerprint density at radius 3 is 2.40 bits per heavy atom. The number of β-amino-alcohol motifs (C(OH)–C–C–N with tert-alkyl or cyclic N) is 1. The molecule has 0 bridgehead atoms. The molecule has 0 atom stereocenters. The Kier molecular flexibility index (Phi) is 8.21. The molecule has 2 aliphatic rings. The van der Waals surface area contributed by atoms with Gasteiger partial charge in [-0.25, -0.2) is 4.79 Å². The van der Waals surface area contributed by atoms with Crippen LogP contribution >= 0.6 is 0 Å². The van der Waals surface area contributed by atoms with Gasteiger partial charge in [-0.2, -0.15) is 0 Å². The molecule has 1 N–H and O–H groups in total. The van der Waals surface area contributed by atoms with Crippen LogP contribution in [0.1, 0.15) is 54.1 Å². The molecule has 2 saturated heterocycles. The zero-order chi connectivity index (χ0) is 24.8. The van der Waals surface area contributed by atoms with Gasteiger partial charge in [0, 0.05) is 30.9 Å². The first kappa shape index (κ1) is 25.4. The van der Waals surface area contributed by atoms with Crippen molar-refractivity contribution in [2.24, 2.45) is 0 Å². The number of urea groups is 1. The predicted molar refractivity (Wildman–Crippen MR) is 137 cm³/mol. The number of likely N-dealkylation sites (tertiary alicyclic amines) is 1. The molecule has 2 heterocycles. The average molecular weight is 480 g/mol. The molecule has 0 unspecified atom stereocenters. The Morgan fingerprint density at radius 2 is 1.77 bits per heavy atom. The van der Waals surface area contributed by atoms with Crippen LogP contribution in [0.2, 0.25) is 0 Å². The molecule has 188 valence electrons. The third-order valence-corrected chi connectivity index (χ3v) is 6.82. The van der Waals surface area contributed by atoms with Crippen LogP contribution in [0.3, 0.4) is 0 Å². The topological polar surface area (TPSA) is 73.3 Å². The van der Waals surface area contributed by atoms with Gasteiger partial charge in [-0.3, -0.25) is 9.69 Å². The molecule has 2 aromatic carbocycles. The second-order valence-corrected chi connectivity index (χ2v) is 10.3. The molecule has 0 radical (unpaired) electrons. The first-order valence-corrected chi connectivity index (χ1v) is 12.6. The second kappa shape index (κ2) is 11.3. The number of nitrogens with zero attached hydrogens (tertiary/aromatic N) is 3. The van der Waals surface area contributed by atoms with E-state index in [4.69, 9.17) is 4.74 Å². The third kappa shape index (κ3) is 6.90. The van der Waals surface area contributed by atoms with Crippen LogP contribution in [0.25, 0.3) is 0 Å². The highest BCUT2D eigenvalue weighted by molar-refractivity contribution is 5.92. The largest absolute Gasteiger partial charge is 0.389 e. The first-order chi connectivity index (χ1) is 16.8. The Morgan fingerprint density at radius 1 is 1.09 bits per heavy atom. The van der Waals surface area contributed by atoms with Crippen LogP contribution in [-0.2, 0) is 11.3 Å². The highest BCUT2D eigenvalue weighted by atomic mass is 16.5. The van der Waals surface area contributed by atoms with Crippen LogP contribution in [0, 0.1) is 0 Å².